The van der Waals surface area contributed by atoms with Crippen LogP contribution in [0.5, 0.6) is 0 Å². The van der Waals surface area contributed by atoms with Crippen LogP contribution in [0.3, 0.4) is 0 Å². The maximum atomic E-state index is 12.6. The van der Waals surface area contributed by atoms with Crippen molar-refractivity contribution < 1.29 is 13.9 Å². The summed E-state index contributed by atoms with van der Waals surface area (Å²) in [5, 5.41) is 2.18. The van der Waals surface area contributed by atoms with Crippen molar-refractivity contribution >= 4 is 28.5 Å². The number of ether oxygens (including phenoxy) is 1. The van der Waals surface area contributed by atoms with Crippen LogP contribution in [0.4, 0.5) is 0 Å². The molecule has 0 saturated heterocycles. The van der Waals surface area contributed by atoms with Crippen LogP contribution in [-0.4, -0.2) is 30.1 Å². The number of nitrogens with zero attached hydrogens (tertiary/aromatic N) is 4. The highest BCUT2D eigenvalue weighted by Crippen LogP contribution is 2.24. The second-order valence-electron chi connectivity index (χ2n) is 7.21. The average Bonchev–Trinajstić information content (AvgIpc) is 3.52. The van der Waals surface area contributed by atoms with Crippen LogP contribution in [0.1, 0.15) is 49.4 Å². The average molecular weight is 458 g/mol. The van der Waals surface area contributed by atoms with E-state index in [1.165, 1.54) is 22.2 Å². The van der Waals surface area contributed by atoms with E-state index in [0.717, 1.165) is 19.3 Å². The molecule has 0 amide bonds. The summed E-state index contributed by atoms with van der Waals surface area (Å²) >= 11 is 1.28. The number of H-pyrrole nitrogens is 1. The van der Waals surface area contributed by atoms with Gasteiger partial charge in [0.05, 0.1) is 6.26 Å². The molecule has 0 unspecified atom stereocenters. The van der Waals surface area contributed by atoms with E-state index >= 15 is 0 Å². The summed E-state index contributed by atoms with van der Waals surface area (Å²) in [6.07, 6.45) is 3.93. The van der Waals surface area contributed by atoms with Gasteiger partial charge in [0.2, 0.25) is 0 Å². The minimum atomic E-state index is -0.605. The van der Waals surface area contributed by atoms with Crippen molar-refractivity contribution in [2.45, 2.75) is 52.8 Å². The molecule has 0 spiro atoms. The molecule has 11 heteroatoms. The summed E-state index contributed by atoms with van der Waals surface area (Å²) < 4.78 is 13.9. The summed E-state index contributed by atoms with van der Waals surface area (Å²) in [5.74, 6) is 0.368. The van der Waals surface area contributed by atoms with Crippen LogP contribution in [0.25, 0.3) is 21.9 Å². The first kappa shape index (κ1) is 21.8. The smallest absolute Gasteiger partial charge is 0.358 e. The molecule has 4 heterocycles. The number of imidazole rings is 1. The number of esters is 1. The highest BCUT2D eigenvalue weighted by molar-refractivity contribution is 7.13. The molecule has 4 aromatic rings. The van der Waals surface area contributed by atoms with E-state index in [1.54, 1.807) is 22.1 Å². The number of fused-ring (bicyclic) bond motifs is 1. The van der Waals surface area contributed by atoms with Gasteiger partial charge in [-0.1, -0.05) is 20.3 Å². The summed E-state index contributed by atoms with van der Waals surface area (Å²) in [6, 6.07) is 3.51. The van der Waals surface area contributed by atoms with Gasteiger partial charge in [-0.3, -0.25) is 14.3 Å². The maximum Gasteiger partial charge on any atom is 0.358 e. The molecule has 4 aromatic heterocycles. The summed E-state index contributed by atoms with van der Waals surface area (Å²) in [7, 11) is 0. The van der Waals surface area contributed by atoms with Gasteiger partial charge in [-0.2, -0.15) is 0 Å². The summed E-state index contributed by atoms with van der Waals surface area (Å²) in [6.45, 7) is 4.78. The topological polar surface area (TPSA) is 125 Å². The Morgan fingerprint density at radius 1 is 1.19 bits per heavy atom. The highest BCUT2D eigenvalue weighted by atomic mass is 32.1. The van der Waals surface area contributed by atoms with Crippen molar-refractivity contribution in [2.24, 2.45) is 0 Å². The molecule has 0 radical (unpaired) electrons. The van der Waals surface area contributed by atoms with Gasteiger partial charge >= 0.3 is 11.7 Å². The van der Waals surface area contributed by atoms with Crippen molar-refractivity contribution in [1.82, 2.24) is 24.1 Å². The van der Waals surface area contributed by atoms with Crippen molar-refractivity contribution in [1.29, 1.82) is 0 Å². The molecule has 1 N–H and O–H groups in total. The lowest BCUT2D eigenvalue weighted by Gasteiger charge is -2.08. The Kier molecular flexibility index (Phi) is 6.35. The molecule has 32 heavy (non-hydrogen) atoms. The molecule has 10 nitrogen and oxygen atoms in total. The Morgan fingerprint density at radius 2 is 2.03 bits per heavy atom. The summed E-state index contributed by atoms with van der Waals surface area (Å²) in [5.41, 5.74) is -0.215. The number of rotatable bonds is 9. The fraction of sp³-hybridized carbons (Fsp3) is 0.381. The minimum Gasteiger partial charge on any atom is -0.462 e. The Labute approximate surface area is 186 Å². The first-order valence-electron chi connectivity index (χ1n) is 10.4. The lowest BCUT2D eigenvalue weighted by atomic mass is 10.3. The zero-order valence-electron chi connectivity index (χ0n) is 17.8. The maximum absolute atomic E-state index is 12.6. The van der Waals surface area contributed by atoms with Crippen molar-refractivity contribution in [2.75, 3.05) is 0 Å². The first-order valence-corrected chi connectivity index (χ1v) is 11.3. The number of thiazole rings is 1. The third-order valence-corrected chi connectivity index (χ3v) is 5.78. The van der Waals surface area contributed by atoms with Crippen LogP contribution < -0.4 is 11.2 Å². The lowest BCUT2D eigenvalue weighted by molar-refractivity contribution is 0.0452. The number of carbonyl (C=O) groups is 1. The minimum absolute atomic E-state index is 0.150. The molecule has 0 atom stereocenters. The van der Waals surface area contributed by atoms with Gasteiger partial charge in [0.1, 0.15) is 12.4 Å². The standard InChI is InChI=1S/C21H23N5O5S/c1-3-5-9-26-17-16(18(27)24-21(26)29)25(8-4-2)15(23-17)11-31-20(28)13-12-32-19(22-13)14-7-6-10-30-14/h6-7,10,12H,3-5,8-9,11H2,1-2H3,(H,24,27,29). The van der Waals surface area contributed by atoms with Crippen LogP contribution in [-0.2, 0) is 24.4 Å². The molecular formula is C21H23N5O5S. The zero-order valence-corrected chi connectivity index (χ0v) is 18.6. The van der Waals surface area contributed by atoms with Gasteiger partial charge in [0.15, 0.2) is 27.6 Å². The van der Waals surface area contributed by atoms with Crippen LogP contribution in [0.2, 0.25) is 0 Å². The molecule has 0 bridgehead atoms. The van der Waals surface area contributed by atoms with Crippen molar-refractivity contribution in [3.05, 3.63) is 56.1 Å². The predicted molar refractivity (Wildman–Crippen MR) is 119 cm³/mol. The number of carbonyl (C=O) groups excluding carboxylic acids is 1. The fourth-order valence-corrected chi connectivity index (χ4v) is 4.16. The molecule has 0 aromatic carbocycles. The highest BCUT2D eigenvalue weighted by Gasteiger charge is 2.20. The Morgan fingerprint density at radius 3 is 2.75 bits per heavy atom. The van der Waals surface area contributed by atoms with Gasteiger partial charge in [-0.15, -0.1) is 11.3 Å². The zero-order chi connectivity index (χ0) is 22.7. The monoisotopic (exact) mass is 457 g/mol. The van der Waals surface area contributed by atoms with Gasteiger partial charge in [-0.05, 0) is 25.0 Å². The number of hydrogen-bond donors (Lipinski definition) is 1. The third kappa shape index (κ3) is 4.15. The van der Waals surface area contributed by atoms with E-state index in [9.17, 15) is 14.4 Å². The third-order valence-electron chi connectivity index (χ3n) is 4.92. The van der Waals surface area contributed by atoms with Crippen molar-refractivity contribution in [3.8, 4) is 10.8 Å². The number of unbranched alkanes of at least 4 members (excludes halogenated alkanes) is 1. The predicted octanol–water partition coefficient (Wildman–Crippen LogP) is 3.17. The SMILES string of the molecule is CCCCn1c(=O)[nH]c(=O)c2c1nc(COC(=O)c1csc(-c3ccco3)n1)n2CCC. The van der Waals surface area contributed by atoms with E-state index in [-0.39, 0.29) is 12.3 Å². The number of aromatic nitrogens is 5. The number of aryl methyl sites for hydroxylation is 2. The number of aromatic amines is 1. The van der Waals surface area contributed by atoms with Crippen molar-refractivity contribution in [3.63, 3.8) is 0 Å². The normalized spacial score (nSPS) is 11.3. The second kappa shape index (κ2) is 9.35. The fourth-order valence-electron chi connectivity index (χ4n) is 3.40. The molecule has 4 rings (SSSR count). The van der Waals surface area contributed by atoms with E-state index in [0.29, 0.717) is 40.8 Å². The quantitative estimate of drug-likeness (QED) is 0.383. The summed E-state index contributed by atoms with van der Waals surface area (Å²) in [4.78, 5) is 48.6. The first-order chi connectivity index (χ1) is 15.5. The second-order valence-corrected chi connectivity index (χ2v) is 8.07. The van der Waals surface area contributed by atoms with Crippen LogP contribution >= 0.6 is 11.3 Å². The van der Waals surface area contributed by atoms with Gasteiger partial charge in [0, 0.05) is 18.5 Å². The molecule has 0 saturated carbocycles. The molecule has 0 aliphatic carbocycles. The molecule has 168 valence electrons. The lowest BCUT2D eigenvalue weighted by Crippen LogP contribution is -2.31. The van der Waals surface area contributed by atoms with Crippen LogP contribution in [0.15, 0.2) is 37.8 Å². The van der Waals surface area contributed by atoms with E-state index < -0.39 is 17.2 Å². The largest absolute Gasteiger partial charge is 0.462 e. The van der Waals surface area contributed by atoms with Gasteiger partial charge in [0.25, 0.3) is 5.56 Å². The van der Waals surface area contributed by atoms with E-state index in [1.807, 2.05) is 13.8 Å². The van der Waals surface area contributed by atoms with E-state index in [4.69, 9.17) is 9.15 Å². The molecular weight excluding hydrogens is 434 g/mol. The van der Waals surface area contributed by atoms with Crippen LogP contribution in [0, 0.1) is 0 Å². The molecule has 0 fully saturated rings. The number of nitrogens with one attached hydrogen (secondary N) is 1. The van der Waals surface area contributed by atoms with Gasteiger partial charge < -0.3 is 13.7 Å². The Balaban J connectivity index is 1.63. The Bertz CT molecular complexity index is 1350. The van der Waals surface area contributed by atoms with E-state index in [2.05, 4.69) is 15.0 Å². The molecule has 0 aliphatic heterocycles. The molecule has 0 aliphatic rings. The Hall–Kier alpha value is -3.47. The van der Waals surface area contributed by atoms with Gasteiger partial charge in [-0.25, -0.2) is 19.6 Å². The number of hydrogen-bond acceptors (Lipinski definition) is 8. The number of furan rings is 1.